The summed E-state index contributed by atoms with van der Waals surface area (Å²) in [5.41, 5.74) is 2.88. The lowest BCUT2D eigenvalue weighted by Gasteiger charge is -2.42. The molecule has 3 fully saturated rings. The molecule has 148 valence electrons. The summed E-state index contributed by atoms with van der Waals surface area (Å²) in [4.78, 5) is 40.3. The fraction of sp³-hybridized carbons (Fsp3) is 0.550. The largest absolute Gasteiger partial charge is 0.322 e. The highest BCUT2D eigenvalue weighted by Gasteiger charge is 2.39. The molecule has 0 spiro atoms. The lowest BCUT2D eigenvalue weighted by atomic mass is 10.0. The molecule has 8 heteroatoms. The third kappa shape index (κ3) is 3.33. The minimum Gasteiger partial charge on any atom is -0.322 e. The summed E-state index contributed by atoms with van der Waals surface area (Å²) in [5.74, 6) is -0.721. The molecule has 5 rings (SSSR count). The molecule has 1 aromatic carbocycles. The van der Waals surface area contributed by atoms with Crippen LogP contribution < -0.4 is 10.6 Å². The molecule has 4 heterocycles. The quantitative estimate of drug-likeness (QED) is 0.694. The van der Waals surface area contributed by atoms with Gasteiger partial charge in [-0.05, 0) is 23.6 Å². The number of hydrogen-bond acceptors (Lipinski definition) is 6. The Morgan fingerprint density at radius 3 is 2.64 bits per heavy atom. The van der Waals surface area contributed by atoms with Crippen molar-refractivity contribution in [3.63, 3.8) is 0 Å². The second-order valence-electron chi connectivity index (χ2n) is 8.12. The number of thioether (sulfide) groups is 1. The van der Waals surface area contributed by atoms with E-state index in [0.717, 1.165) is 48.8 Å². The van der Waals surface area contributed by atoms with E-state index in [1.807, 2.05) is 12.1 Å². The molecule has 1 atom stereocenters. The zero-order chi connectivity index (χ0) is 19.3. The molecule has 2 N–H and O–H groups in total. The maximum absolute atomic E-state index is 12.7. The van der Waals surface area contributed by atoms with Crippen molar-refractivity contribution in [2.24, 2.45) is 0 Å². The molecule has 1 aromatic rings. The van der Waals surface area contributed by atoms with E-state index in [-0.39, 0.29) is 24.1 Å². The van der Waals surface area contributed by atoms with Gasteiger partial charge in [-0.1, -0.05) is 12.1 Å². The van der Waals surface area contributed by atoms with E-state index in [1.165, 1.54) is 5.56 Å². The van der Waals surface area contributed by atoms with Gasteiger partial charge >= 0.3 is 0 Å². The van der Waals surface area contributed by atoms with Gasteiger partial charge in [0.05, 0.1) is 0 Å². The van der Waals surface area contributed by atoms with E-state index >= 15 is 0 Å². The van der Waals surface area contributed by atoms with Crippen molar-refractivity contribution >= 4 is 29.5 Å². The fourth-order valence-corrected chi connectivity index (χ4v) is 5.92. The lowest BCUT2D eigenvalue weighted by Crippen LogP contribution is -2.53. The first-order valence-electron chi connectivity index (χ1n) is 9.92. The first-order chi connectivity index (χ1) is 13.6. The highest BCUT2D eigenvalue weighted by molar-refractivity contribution is 8.00. The van der Waals surface area contributed by atoms with Crippen LogP contribution in [0.3, 0.4) is 0 Å². The Morgan fingerprint density at radius 2 is 1.93 bits per heavy atom. The van der Waals surface area contributed by atoms with E-state index < -0.39 is 6.04 Å². The molecule has 0 aromatic heterocycles. The van der Waals surface area contributed by atoms with Gasteiger partial charge in [-0.15, -0.1) is 11.8 Å². The molecule has 3 saturated heterocycles. The van der Waals surface area contributed by atoms with Crippen LogP contribution in [0.25, 0.3) is 0 Å². The highest BCUT2D eigenvalue weighted by atomic mass is 32.2. The second-order valence-corrected chi connectivity index (χ2v) is 9.73. The standard InChI is InChI=1S/C20H24N4O3S/c25-18-4-3-17(19(26)22-18)24-9-13-5-12(1-2-16(13)20(24)27)8-23-10-15(11-23)28-14-6-21-7-14/h1-2,5,14-15,17,21H,3-4,6-11H2,(H,22,25,26). The Bertz CT molecular complexity index is 835. The van der Waals surface area contributed by atoms with Crippen LogP contribution in [0, 0.1) is 0 Å². The number of hydrogen-bond donors (Lipinski definition) is 2. The van der Waals surface area contributed by atoms with E-state index in [4.69, 9.17) is 0 Å². The van der Waals surface area contributed by atoms with Gasteiger partial charge in [0.1, 0.15) is 6.04 Å². The predicted molar refractivity (Wildman–Crippen MR) is 106 cm³/mol. The Kier molecular flexibility index (Phi) is 4.65. The number of nitrogens with zero attached hydrogens (tertiary/aromatic N) is 2. The van der Waals surface area contributed by atoms with E-state index in [0.29, 0.717) is 18.5 Å². The smallest absolute Gasteiger partial charge is 0.255 e. The van der Waals surface area contributed by atoms with Crippen molar-refractivity contribution in [1.29, 1.82) is 0 Å². The van der Waals surface area contributed by atoms with Crippen LogP contribution in [0.5, 0.6) is 0 Å². The van der Waals surface area contributed by atoms with Crippen LogP contribution in [0.2, 0.25) is 0 Å². The summed E-state index contributed by atoms with van der Waals surface area (Å²) in [6.07, 6.45) is 0.688. The summed E-state index contributed by atoms with van der Waals surface area (Å²) < 4.78 is 0. The average molecular weight is 401 g/mol. The van der Waals surface area contributed by atoms with Gasteiger partial charge in [0.15, 0.2) is 0 Å². The topological polar surface area (TPSA) is 81.8 Å². The van der Waals surface area contributed by atoms with Crippen LogP contribution >= 0.6 is 11.8 Å². The number of rotatable bonds is 5. The summed E-state index contributed by atoms with van der Waals surface area (Å²) in [6, 6.07) is 5.48. The number of benzene rings is 1. The third-order valence-corrected chi connectivity index (χ3v) is 7.45. The molecule has 0 aliphatic carbocycles. The Morgan fingerprint density at radius 1 is 1.11 bits per heavy atom. The minimum atomic E-state index is -0.546. The van der Waals surface area contributed by atoms with Crippen molar-refractivity contribution in [2.45, 2.75) is 42.5 Å². The summed E-state index contributed by atoms with van der Waals surface area (Å²) in [5, 5.41) is 7.20. The molecule has 28 heavy (non-hydrogen) atoms. The molecule has 3 amide bonds. The number of carbonyl (C=O) groups is 3. The van der Waals surface area contributed by atoms with Gasteiger partial charge in [-0.3, -0.25) is 24.6 Å². The molecule has 7 nitrogen and oxygen atoms in total. The summed E-state index contributed by atoms with van der Waals surface area (Å²) in [7, 11) is 0. The number of nitrogens with one attached hydrogen (secondary N) is 2. The third-order valence-electron chi connectivity index (χ3n) is 6.05. The zero-order valence-corrected chi connectivity index (χ0v) is 16.5. The first-order valence-corrected chi connectivity index (χ1v) is 10.9. The van der Waals surface area contributed by atoms with Crippen LogP contribution in [-0.4, -0.2) is 70.2 Å². The van der Waals surface area contributed by atoms with Crippen molar-refractivity contribution in [2.75, 3.05) is 26.2 Å². The normalized spacial score (nSPS) is 26.1. The molecule has 0 radical (unpaired) electrons. The lowest BCUT2D eigenvalue weighted by molar-refractivity contribution is -0.136. The Labute approximate surface area is 168 Å². The number of imide groups is 1. The van der Waals surface area contributed by atoms with Crippen molar-refractivity contribution in [3.05, 3.63) is 34.9 Å². The van der Waals surface area contributed by atoms with E-state index in [2.05, 4.69) is 33.4 Å². The fourth-order valence-electron chi connectivity index (χ4n) is 4.35. The van der Waals surface area contributed by atoms with Gasteiger partial charge in [0, 0.05) is 61.8 Å². The number of fused-ring (bicyclic) bond motifs is 1. The zero-order valence-electron chi connectivity index (χ0n) is 15.6. The number of likely N-dealkylation sites (tertiary alicyclic amines) is 1. The van der Waals surface area contributed by atoms with E-state index in [1.54, 1.807) is 4.90 Å². The van der Waals surface area contributed by atoms with Gasteiger partial charge < -0.3 is 10.2 Å². The molecule has 4 aliphatic rings. The molecule has 4 aliphatic heterocycles. The summed E-state index contributed by atoms with van der Waals surface area (Å²) >= 11 is 2.11. The number of amides is 3. The molecule has 0 bridgehead atoms. The molecular weight excluding hydrogens is 376 g/mol. The van der Waals surface area contributed by atoms with Crippen LogP contribution in [0.15, 0.2) is 18.2 Å². The van der Waals surface area contributed by atoms with Gasteiger partial charge in [0.25, 0.3) is 5.91 Å². The average Bonchev–Trinajstić information content (AvgIpc) is 2.91. The van der Waals surface area contributed by atoms with Crippen LogP contribution in [0.4, 0.5) is 0 Å². The van der Waals surface area contributed by atoms with Crippen LogP contribution in [-0.2, 0) is 22.7 Å². The van der Waals surface area contributed by atoms with Crippen molar-refractivity contribution < 1.29 is 14.4 Å². The van der Waals surface area contributed by atoms with E-state index in [9.17, 15) is 14.4 Å². The monoisotopic (exact) mass is 400 g/mol. The van der Waals surface area contributed by atoms with Crippen LogP contribution in [0.1, 0.15) is 34.3 Å². The molecule has 1 unspecified atom stereocenters. The molecular formula is C20H24N4O3S. The predicted octanol–water partition coefficient (Wildman–Crippen LogP) is 0.337. The first kappa shape index (κ1) is 18.1. The minimum absolute atomic E-state index is 0.106. The number of carbonyl (C=O) groups excluding carboxylic acids is 3. The second kappa shape index (κ2) is 7.17. The van der Waals surface area contributed by atoms with Gasteiger partial charge in [-0.25, -0.2) is 0 Å². The Balaban J connectivity index is 1.20. The van der Waals surface area contributed by atoms with Gasteiger partial charge in [-0.2, -0.15) is 0 Å². The maximum atomic E-state index is 12.7. The SMILES string of the molecule is O=C1CCC(N2Cc3cc(CN4CC(SC5CNC5)C4)ccc3C2=O)C(=O)N1. The maximum Gasteiger partial charge on any atom is 0.255 e. The molecule has 0 saturated carbocycles. The highest BCUT2D eigenvalue weighted by Crippen LogP contribution is 2.31. The Hall–Kier alpha value is -1.90. The summed E-state index contributed by atoms with van der Waals surface area (Å²) in [6.45, 7) is 5.88. The number of piperidine rings is 1. The van der Waals surface area contributed by atoms with Gasteiger partial charge in [0.2, 0.25) is 11.8 Å². The van der Waals surface area contributed by atoms with Crippen molar-refractivity contribution in [3.8, 4) is 0 Å². The van der Waals surface area contributed by atoms with Crippen molar-refractivity contribution in [1.82, 2.24) is 20.4 Å².